The molecule has 0 amide bonds. The number of rotatable bonds is 3. The van der Waals surface area contributed by atoms with E-state index in [1.807, 2.05) is 0 Å². The van der Waals surface area contributed by atoms with Gasteiger partial charge in [-0.1, -0.05) is 24.3 Å². The van der Waals surface area contributed by atoms with Crippen LogP contribution >= 0.6 is 0 Å². The molecule has 0 saturated carbocycles. The number of benzene rings is 2. The minimum absolute atomic E-state index is 0.0638. The summed E-state index contributed by atoms with van der Waals surface area (Å²) >= 11 is 0. The molecule has 3 aliphatic rings. The van der Waals surface area contributed by atoms with Crippen molar-refractivity contribution in [2.45, 2.75) is 75.4 Å². The number of fused-ring (bicyclic) bond motifs is 3. The minimum atomic E-state index is -1.85. The highest BCUT2D eigenvalue weighted by molar-refractivity contribution is 6.30. The molecule has 5 unspecified atom stereocenters. The summed E-state index contributed by atoms with van der Waals surface area (Å²) in [6, 6.07) is 5.63. The van der Waals surface area contributed by atoms with Crippen LogP contribution in [0.25, 0.3) is 0 Å². The summed E-state index contributed by atoms with van der Waals surface area (Å²) in [5.41, 5.74) is 4.14. The van der Waals surface area contributed by atoms with Crippen LogP contribution in [0.1, 0.15) is 82.0 Å². The summed E-state index contributed by atoms with van der Waals surface area (Å²) < 4.78 is 5.92. The molecule has 36 heavy (non-hydrogen) atoms. The zero-order valence-electron chi connectivity index (χ0n) is 20.0. The topological polar surface area (TPSA) is 167 Å². The highest BCUT2D eigenvalue weighted by Gasteiger charge is 2.48. The number of aliphatic hydroxyl groups excluding tert-OH is 1. The Kier molecular flexibility index (Phi) is 5.79. The zero-order valence-corrected chi connectivity index (χ0v) is 20.0. The van der Waals surface area contributed by atoms with Crippen molar-refractivity contribution in [1.29, 1.82) is 0 Å². The van der Waals surface area contributed by atoms with Gasteiger partial charge >= 0.3 is 0 Å². The van der Waals surface area contributed by atoms with E-state index < -0.39 is 64.7 Å². The van der Waals surface area contributed by atoms with Gasteiger partial charge in [0.05, 0.1) is 29.4 Å². The van der Waals surface area contributed by atoms with E-state index in [4.69, 9.17) is 10.5 Å². The molecule has 9 nitrogen and oxygen atoms in total. The molecule has 1 saturated heterocycles. The molecule has 2 aliphatic carbocycles. The molecule has 9 heteroatoms. The molecule has 2 aromatic rings. The number of ether oxygens (including phenoxy) is 1. The third kappa shape index (κ3) is 3.57. The van der Waals surface area contributed by atoms with E-state index in [-0.39, 0.29) is 52.6 Å². The Morgan fingerprint density at radius 2 is 1.69 bits per heavy atom. The van der Waals surface area contributed by atoms with Gasteiger partial charge in [-0.15, -0.1) is 0 Å². The van der Waals surface area contributed by atoms with Gasteiger partial charge in [0.25, 0.3) is 0 Å². The number of aliphatic hydroxyl groups is 2. The highest BCUT2D eigenvalue weighted by atomic mass is 16.5. The van der Waals surface area contributed by atoms with Crippen molar-refractivity contribution in [2.24, 2.45) is 5.73 Å². The van der Waals surface area contributed by atoms with Crippen molar-refractivity contribution >= 4 is 17.3 Å². The maximum atomic E-state index is 13.4. The molecule has 0 aromatic heterocycles. The van der Waals surface area contributed by atoms with Crippen LogP contribution in [0.15, 0.2) is 24.3 Å². The number of hydrogen-bond acceptors (Lipinski definition) is 9. The molecular weight excluding hydrogens is 466 g/mol. The predicted molar refractivity (Wildman–Crippen MR) is 127 cm³/mol. The van der Waals surface area contributed by atoms with Crippen LogP contribution in [0, 0.1) is 0 Å². The Labute approximate surface area is 207 Å². The van der Waals surface area contributed by atoms with Gasteiger partial charge in [-0.05, 0) is 39.0 Å². The monoisotopic (exact) mass is 495 g/mol. The van der Waals surface area contributed by atoms with Gasteiger partial charge < -0.3 is 30.9 Å². The molecule has 0 bridgehead atoms. The number of carbonyl (C=O) groups is 3. The van der Waals surface area contributed by atoms with Crippen LogP contribution in [0.5, 0.6) is 11.5 Å². The van der Waals surface area contributed by atoms with Gasteiger partial charge in [0, 0.05) is 34.7 Å². The van der Waals surface area contributed by atoms with Gasteiger partial charge in [-0.25, -0.2) is 0 Å². The average molecular weight is 496 g/mol. The van der Waals surface area contributed by atoms with Gasteiger partial charge in [0.2, 0.25) is 0 Å². The SMILES string of the molecule is CC(=O)C1(O)Cc2c(O)c3c(c(O)c2[C@@H](CC2CC(N)C(O)C(C)O2)C1)C(=O)c1ccccc1C3=O. The Balaban J connectivity index is 1.66. The van der Waals surface area contributed by atoms with E-state index in [0.717, 1.165) is 0 Å². The first kappa shape index (κ1) is 24.6. The predicted octanol–water partition coefficient (Wildman–Crippen LogP) is 1.48. The van der Waals surface area contributed by atoms with Crippen molar-refractivity contribution in [3.05, 3.63) is 57.6 Å². The normalized spacial score (nSPS) is 31.4. The van der Waals surface area contributed by atoms with E-state index in [9.17, 15) is 34.8 Å². The number of Topliss-reactive ketones (excluding diaryl/α,β-unsaturated/α-hetero) is 1. The molecule has 0 spiro atoms. The third-order valence-electron chi connectivity index (χ3n) is 7.99. The number of ketones is 3. The fourth-order valence-electron chi connectivity index (χ4n) is 6.05. The average Bonchev–Trinajstić information content (AvgIpc) is 2.82. The Morgan fingerprint density at radius 1 is 1.11 bits per heavy atom. The lowest BCUT2D eigenvalue weighted by Gasteiger charge is -2.42. The molecule has 1 fully saturated rings. The maximum absolute atomic E-state index is 13.4. The largest absolute Gasteiger partial charge is 0.507 e. The fourth-order valence-corrected chi connectivity index (χ4v) is 6.05. The van der Waals surface area contributed by atoms with Gasteiger partial charge in [-0.3, -0.25) is 14.4 Å². The van der Waals surface area contributed by atoms with Crippen molar-refractivity contribution < 1.29 is 39.5 Å². The van der Waals surface area contributed by atoms with Crippen LogP contribution in [0.4, 0.5) is 0 Å². The Morgan fingerprint density at radius 3 is 2.25 bits per heavy atom. The fraction of sp³-hybridized carbons (Fsp3) is 0.444. The molecule has 6 atom stereocenters. The summed E-state index contributed by atoms with van der Waals surface area (Å²) in [5, 5.41) is 44.1. The lowest BCUT2D eigenvalue weighted by atomic mass is 9.67. The number of hydrogen-bond donors (Lipinski definition) is 5. The van der Waals surface area contributed by atoms with Gasteiger partial charge in [0.15, 0.2) is 17.3 Å². The zero-order chi connectivity index (χ0) is 26.1. The van der Waals surface area contributed by atoms with Gasteiger partial charge in [0.1, 0.15) is 17.1 Å². The number of aromatic hydroxyl groups is 2. The maximum Gasteiger partial charge on any atom is 0.198 e. The molecule has 190 valence electrons. The van der Waals surface area contributed by atoms with Gasteiger partial charge in [-0.2, -0.15) is 0 Å². The van der Waals surface area contributed by atoms with Crippen molar-refractivity contribution in [1.82, 2.24) is 0 Å². The number of phenolic OH excluding ortho intramolecular Hbond substituents is 2. The second kappa shape index (κ2) is 8.48. The highest BCUT2D eigenvalue weighted by Crippen LogP contribution is 2.52. The van der Waals surface area contributed by atoms with Crippen LogP contribution < -0.4 is 5.73 Å². The second-order valence-corrected chi connectivity index (χ2v) is 10.3. The summed E-state index contributed by atoms with van der Waals surface area (Å²) in [7, 11) is 0. The quantitative estimate of drug-likeness (QED) is 0.338. The molecule has 5 rings (SSSR count). The molecule has 0 radical (unpaired) electrons. The first-order valence-corrected chi connectivity index (χ1v) is 12.1. The Bertz CT molecular complexity index is 1290. The van der Waals surface area contributed by atoms with Crippen LogP contribution in [0.2, 0.25) is 0 Å². The summed E-state index contributed by atoms with van der Waals surface area (Å²) in [4.78, 5) is 39.2. The lowest BCUT2D eigenvalue weighted by Crippen LogP contribution is -2.52. The van der Waals surface area contributed by atoms with E-state index in [0.29, 0.717) is 6.42 Å². The van der Waals surface area contributed by atoms with Crippen molar-refractivity contribution in [3.8, 4) is 11.5 Å². The summed E-state index contributed by atoms with van der Waals surface area (Å²) in [6.45, 7) is 2.94. The molecule has 2 aromatic carbocycles. The van der Waals surface area contributed by atoms with Crippen molar-refractivity contribution in [3.63, 3.8) is 0 Å². The molecule has 1 aliphatic heterocycles. The molecular formula is C27H29NO8. The standard InChI is InChI=1S/C27H29NO8/c1-11-22(30)18(28)8-14(36-11)7-13-9-27(35,12(2)29)10-17-19(13)26(34)21-20(25(17)33)23(31)15-5-3-4-6-16(15)24(21)32/h3-6,11,13-14,18,22,30,33-35H,7-10,28H2,1-2H3/t11?,13-,14?,18?,22?,27?/m0/s1. The second-order valence-electron chi connectivity index (χ2n) is 10.3. The number of phenols is 2. The van der Waals surface area contributed by atoms with E-state index in [1.54, 1.807) is 19.1 Å². The lowest BCUT2D eigenvalue weighted by molar-refractivity contribution is -0.139. The van der Waals surface area contributed by atoms with E-state index in [2.05, 4.69) is 0 Å². The molecule has 6 N–H and O–H groups in total. The summed E-state index contributed by atoms with van der Waals surface area (Å²) in [6.07, 6.45) is -1.75. The number of nitrogens with two attached hydrogens (primary N) is 1. The van der Waals surface area contributed by atoms with E-state index in [1.165, 1.54) is 19.1 Å². The molecule has 1 heterocycles. The van der Waals surface area contributed by atoms with Crippen LogP contribution in [0.3, 0.4) is 0 Å². The number of carbonyl (C=O) groups excluding carboxylic acids is 3. The van der Waals surface area contributed by atoms with E-state index >= 15 is 0 Å². The van der Waals surface area contributed by atoms with Crippen molar-refractivity contribution in [2.75, 3.05) is 0 Å². The first-order chi connectivity index (χ1) is 16.9. The van der Waals surface area contributed by atoms with Crippen LogP contribution in [-0.4, -0.2) is 67.7 Å². The smallest absolute Gasteiger partial charge is 0.198 e. The first-order valence-electron chi connectivity index (χ1n) is 12.1. The minimum Gasteiger partial charge on any atom is -0.507 e. The summed E-state index contributed by atoms with van der Waals surface area (Å²) in [5.74, 6) is -3.37. The van der Waals surface area contributed by atoms with Crippen LogP contribution in [-0.2, 0) is 16.0 Å². The Hall–Kier alpha value is -3.11. The third-order valence-corrected chi connectivity index (χ3v) is 7.99.